The number of nitrogens with zero attached hydrogens (tertiary/aromatic N) is 2. The molecule has 0 bridgehead atoms. The van der Waals surface area contributed by atoms with Crippen molar-refractivity contribution in [3.8, 4) is 0 Å². The molecule has 0 aromatic heterocycles. The second-order valence-corrected chi connectivity index (χ2v) is 8.61. The van der Waals surface area contributed by atoms with Crippen molar-refractivity contribution in [3.63, 3.8) is 0 Å². The predicted octanol–water partition coefficient (Wildman–Crippen LogP) is 4.70. The number of amides is 2. The zero-order valence-corrected chi connectivity index (χ0v) is 18.5. The number of imide groups is 1. The van der Waals surface area contributed by atoms with E-state index < -0.39 is 0 Å². The molecule has 1 fully saturated rings. The van der Waals surface area contributed by atoms with Gasteiger partial charge in [0.1, 0.15) is 5.70 Å². The van der Waals surface area contributed by atoms with Crippen molar-refractivity contribution in [3.05, 3.63) is 69.3 Å². The number of benzene rings is 2. The van der Waals surface area contributed by atoms with Gasteiger partial charge in [0.2, 0.25) is 0 Å². The lowest BCUT2D eigenvalue weighted by atomic mass is 10.0. The number of hydrogen-bond acceptors (Lipinski definition) is 4. The van der Waals surface area contributed by atoms with Crippen molar-refractivity contribution in [1.82, 2.24) is 4.90 Å². The van der Waals surface area contributed by atoms with Crippen molar-refractivity contribution < 1.29 is 14.3 Å². The molecular formula is C23H22Cl2N2O3. The third-order valence-electron chi connectivity index (χ3n) is 5.30. The van der Waals surface area contributed by atoms with E-state index >= 15 is 0 Å². The molecule has 1 saturated heterocycles. The van der Waals surface area contributed by atoms with E-state index in [-0.39, 0.29) is 29.0 Å². The van der Waals surface area contributed by atoms with E-state index in [2.05, 4.69) is 0 Å². The zero-order valence-electron chi connectivity index (χ0n) is 17.0. The topological polar surface area (TPSA) is 49.9 Å². The van der Waals surface area contributed by atoms with Gasteiger partial charge in [-0.2, -0.15) is 0 Å². The molecular weight excluding hydrogens is 423 g/mol. The summed E-state index contributed by atoms with van der Waals surface area (Å²) in [6.07, 6.45) is -0.107. The molecule has 0 spiro atoms. The fraction of sp³-hybridized carbons (Fsp3) is 0.304. The van der Waals surface area contributed by atoms with Crippen LogP contribution < -0.4 is 4.90 Å². The van der Waals surface area contributed by atoms with Gasteiger partial charge in [0, 0.05) is 13.1 Å². The standard InChI is InChI=1S/C23H22Cl2N2O3/c1-13-4-6-16(7-5-13)20-21(26-11-14(2)30-15(3)12-26)23(29)27(22(20)28)17-8-9-18(24)19(25)10-17/h4-10,14-15H,11-12H2,1-3H3. The molecule has 2 aromatic carbocycles. The average Bonchev–Trinajstić information content (AvgIpc) is 2.94. The van der Waals surface area contributed by atoms with Crippen molar-refractivity contribution >= 4 is 46.3 Å². The minimum absolute atomic E-state index is 0.0533. The monoisotopic (exact) mass is 444 g/mol. The Hall–Kier alpha value is -2.34. The normalized spacial score (nSPS) is 22.3. The second-order valence-electron chi connectivity index (χ2n) is 7.80. The maximum Gasteiger partial charge on any atom is 0.282 e. The number of carbonyl (C=O) groups excluding carboxylic acids is 2. The lowest BCUT2D eigenvalue weighted by molar-refractivity contribution is -0.121. The molecule has 0 saturated carbocycles. The quantitative estimate of drug-likeness (QED) is 0.643. The van der Waals surface area contributed by atoms with E-state index in [1.807, 2.05) is 49.9 Å². The predicted molar refractivity (Wildman–Crippen MR) is 119 cm³/mol. The maximum absolute atomic E-state index is 13.6. The Kier molecular flexibility index (Phi) is 5.62. The van der Waals surface area contributed by atoms with Crippen molar-refractivity contribution in [2.75, 3.05) is 18.0 Å². The second kappa shape index (κ2) is 8.06. The first-order chi connectivity index (χ1) is 14.3. The lowest BCUT2D eigenvalue weighted by Crippen LogP contribution is -2.47. The molecule has 0 N–H and O–H groups in total. The van der Waals surface area contributed by atoms with Crippen LogP contribution in [0.1, 0.15) is 25.0 Å². The average molecular weight is 445 g/mol. The van der Waals surface area contributed by atoms with Crippen LogP contribution in [0, 0.1) is 6.92 Å². The molecule has 2 amide bonds. The minimum Gasteiger partial charge on any atom is -0.372 e. The lowest BCUT2D eigenvalue weighted by Gasteiger charge is -2.37. The van der Waals surface area contributed by atoms with Crippen LogP contribution in [0.2, 0.25) is 10.0 Å². The van der Waals surface area contributed by atoms with Crippen LogP contribution in [-0.4, -0.2) is 42.0 Å². The summed E-state index contributed by atoms with van der Waals surface area (Å²) in [5.74, 6) is -0.737. The van der Waals surface area contributed by atoms with Gasteiger partial charge in [-0.15, -0.1) is 0 Å². The Morgan fingerprint density at radius 1 is 0.900 bits per heavy atom. The largest absolute Gasteiger partial charge is 0.372 e. The van der Waals surface area contributed by atoms with Gasteiger partial charge in [-0.1, -0.05) is 53.0 Å². The summed E-state index contributed by atoms with van der Waals surface area (Å²) in [5.41, 5.74) is 2.98. The molecule has 5 nitrogen and oxygen atoms in total. The molecule has 7 heteroatoms. The molecule has 0 aliphatic carbocycles. The van der Waals surface area contributed by atoms with Gasteiger partial charge in [-0.3, -0.25) is 9.59 Å². The molecule has 0 radical (unpaired) electrons. The third kappa shape index (κ3) is 3.73. The molecule has 30 heavy (non-hydrogen) atoms. The van der Waals surface area contributed by atoms with Crippen molar-refractivity contribution in [2.45, 2.75) is 33.0 Å². The first-order valence-corrected chi connectivity index (χ1v) is 10.6. The molecule has 2 aliphatic rings. The van der Waals surface area contributed by atoms with Gasteiger partial charge < -0.3 is 9.64 Å². The number of halogens is 2. The summed E-state index contributed by atoms with van der Waals surface area (Å²) >= 11 is 12.2. The molecule has 156 valence electrons. The van der Waals surface area contributed by atoms with Crippen LogP contribution in [-0.2, 0) is 14.3 Å². The van der Waals surface area contributed by atoms with Gasteiger partial charge in [-0.25, -0.2) is 4.90 Å². The Morgan fingerprint density at radius 3 is 2.13 bits per heavy atom. The van der Waals surface area contributed by atoms with E-state index in [1.54, 1.807) is 18.2 Å². The number of rotatable bonds is 3. The third-order valence-corrected chi connectivity index (χ3v) is 6.04. The van der Waals surface area contributed by atoms with Crippen LogP contribution in [0.4, 0.5) is 5.69 Å². The van der Waals surface area contributed by atoms with E-state index in [0.29, 0.717) is 40.6 Å². The summed E-state index contributed by atoms with van der Waals surface area (Å²) < 4.78 is 5.83. The first-order valence-electron chi connectivity index (χ1n) is 9.82. The fourth-order valence-electron chi connectivity index (χ4n) is 4.01. The van der Waals surface area contributed by atoms with Gasteiger partial charge in [-0.05, 0) is 44.5 Å². The molecule has 2 heterocycles. The van der Waals surface area contributed by atoms with E-state index in [1.165, 1.54) is 4.90 Å². The Morgan fingerprint density at radius 2 is 1.53 bits per heavy atom. The summed E-state index contributed by atoms with van der Waals surface area (Å²) in [6.45, 7) is 6.97. The SMILES string of the molecule is Cc1ccc(C2=C(N3CC(C)OC(C)C3)C(=O)N(c3ccc(Cl)c(Cl)c3)C2=O)cc1. The van der Waals surface area contributed by atoms with Gasteiger partial charge in [0.25, 0.3) is 11.8 Å². The maximum atomic E-state index is 13.6. The molecule has 2 aromatic rings. The number of anilines is 1. The summed E-state index contributed by atoms with van der Waals surface area (Å²) in [6, 6.07) is 12.4. The minimum atomic E-state index is -0.371. The summed E-state index contributed by atoms with van der Waals surface area (Å²) in [5, 5.41) is 0.649. The number of ether oxygens (including phenoxy) is 1. The van der Waals surface area contributed by atoms with Crippen LogP contribution in [0.25, 0.3) is 5.57 Å². The highest BCUT2D eigenvalue weighted by Crippen LogP contribution is 2.37. The van der Waals surface area contributed by atoms with Gasteiger partial charge >= 0.3 is 0 Å². The highest BCUT2D eigenvalue weighted by molar-refractivity contribution is 6.46. The van der Waals surface area contributed by atoms with Crippen LogP contribution in [0.5, 0.6) is 0 Å². The number of morpholine rings is 1. The van der Waals surface area contributed by atoms with E-state index in [9.17, 15) is 9.59 Å². The number of aryl methyl sites for hydroxylation is 1. The fourth-order valence-corrected chi connectivity index (χ4v) is 4.30. The van der Waals surface area contributed by atoms with Crippen molar-refractivity contribution in [1.29, 1.82) is 0 Å². The van der Waals surface area contributed by atoms with Gasteiger partial charge in [0.05, 0.1) is 33.5 Å². The highest BCUT2D eigenvalue weighted by atomic mass is 35.5. The van der Waals surface area contributed by atoms with Gasteiger partial charge in [0.15, 0.2) is 0 Å². The molecule has 2 aliphatic heterocycles. The van der Waals surface area contributed by atoms with E-state index in [4.69, 9.17) is 27.9 Å². The van der Waals surface area contributed by atoms with Crippen LogP contribution in [0.15, 0.2) is 48.2 Å². The summed E-state index contributed by atoms with van der Waals surface area (Å²) in [7, 11) is 0. The number of carbonyl (C=O) groups is 2. The first kappa shape index (κ1) is 20.9. The molecule has 2 atom stereocenters. The molecule has 2 unspecified atom stereocenters. The summed E-state index contributed by atoms with van der Waals surface area (Å²) in [4.78, 5) is 30.2. The number of hydrogen-bond donors (Lipinski definition) is 0. The van der Waals surface area contributed by atoms with Crippen LogP contribution in [0.3, 0.4) is 0 Å². The molecule has 4 rings (SSSR count). The van der Waals surface area contributed by atoms with Crippen molar-refractivity contribution in [2.24, 2.45) is 0 Å². The smallest absolute Gasteiger partial charge is 0.282 e. The zero-order chi connectivity index (χ0) is 21.6. The highest BCUT2D eigenvalue weighted by Gasteiger charge is 2.44. The van der Waals surface area contributed by atoms with Crippen LogP contribution >= 0.6 is 23.2 Å². The Labute approximate surface area is 185 Å². The Bertz CT molecular complexity index is 1040. The Balaban J connectivity index is 1.84. The van der Waals surface area contributed by atoms with E-state index in [0.717, 1.165) is 5.56 Å².